The molecule has 0 amide bonds. The summed E-state index contributed by atoms with van der Waals surface area (Å²) in [4.78, 5) is 52.1. The normalized spacial score (nSPS) is 21.0. The molecule has 0 aliphatic carbocycles. The van der Waals surface area contributed by atoms with Crippen molar-refractivity contribution in [1.82, 2.24) is 9.55 Å². The first kappa shape index (κ1) is 28.7. The summed E-state index contributed by atoms with van der Waals surface area (Å²) in [6.45, 7) is 3.24. The second-order valence-electron chi connectivity index (χ2n) is 8.14. The highest BCUT2D eigenvalue weighted by Crippen LogP contribution is 2.35. The summed E-state index contributed by atoms with van der Waals surface area (Å²) in [6, 6.07) is 8.15. The summed E-state index contributed by atoms with van der Waals surface area (Å²) in [5, 5.41) is 0. The molecule has 0 unspecified atom stereocenters. The largest absolute Gasteiger partial charge is 0.463 e. The van der Waals surface area contributed by atoms with Crippen LogP contribution in [0.4, 0.5) is 5.82 Å². The number of benzene rings is 1. The smallest absolute Gasteiger partial charge is 0.351 e. The van der Waals surface area contributed by atoms with E-state index in [1.165, 1.54) is 0 Å². The minimum atomic E-state index is -4.32. The van der Waals surface area contributed by atoms with E-state index >= 15 is 0 Å². The fourth-order valence-electron chi connectivity index (χ4n) is 3.71. The molecule has 0 radical (unpaired) electrons. The van der Waals surface area contributed by atoms with Crippen LogP contribution < -0.4 is 11.4 Å². The maximum absolute atomic E-state index is 13.0. The summed E-state index contributed by atoms with van der Waals surface area (Å²) in [5.41, 5.74) is 4.85. The molecule has 0 bridgehead atoms. The number of hydrogen-bond acceptors (Lipinski definition) is 13. The van der Waals surface area contributed by atoms with Gasteiger partial charge in [0.25, 0.3) is 10.1 Å². The van der Waals surface area contributed by atoms with E-state index in [2.05, 4.69) is 4.98 Å². The van der Waals surface area contributed by atoms with Gasteiger partial charge in [0, 0.05) is 20.0 Å². The number of nitrogen functional groups attached to an aromatic ring is 1. The molecule has 2 aromatic rings. The van der Waals surface area contributed by atoms with Crippen molar-refractivity contribution in [3.05, 3.63) is 58.1 Å². The molecule has 1 fully saturated rings. The number of ether oxygens (including phenoxy) is 4. The van der Waals surface area contributed by atoms with E-state index in [1.807, 2.05) is 0 Å². The third-order valence-corrected chi connectivity index (χ3v) is 6.44. The highest BCUT2D eigenvalue weighted by atomic mass is 32.2. The number of nitrogens with zero attached hydrogens (tertiary/aromatic N) is 2. The molecule has 1 aliphatic heterocycles. The molecule has 1 aromatic carbocycles. The van der Waals surface area contributed by atoms with Crippen LogP contribution in [0, 0.1) is 0 Å². The molecule has 1 saturated heterocycles. The van der Waals surface area contributed by atoms with Crippen LogP contribution in [0.5, 0.6) is 0 Å². The summed E-state index contributed by atoms with van der Waals surface area (Å²) in [7, 11) is -4.32. The maximum Gasteiger partial charge on any atom is 0.351 e. The number of aromatic nitrogens is 2. The van der Waals surface area contributed by atoms with Gasteiger partial charge in [-0.1, -0.05) is 30.3 Å². The zero-order valence-corrected chi connectivity index (χ0v) is 21.6. The Morgan fingerprint density at radius 2 is 1.76 bits per heavy atom. The quantitative estimate of drug-likeness (QED) is 0.240. The van der Waals surface area contributed by atoms with Crippen LogP contribution >= 0.6 is 0 Å². The molecule has 2 heterocycles. The van der Waals surface area contributed by atoms with Gasteiger partial charge in [-0.25, -0.2) is 9.59 Å². The van der Waals surface area contributed by atoms with Gasteiger partial charge in [0.2, 0.25) is 0 Å². The highest BCUT2D eigenvalue weighted by Gasteiger charge is 2.51. The van der Waals surface area contributed by atoms with Gasteiger partial charge >= 0.3 is 23.6 Å². The number of esters is 3. The van der Waals surface area contributed by atoms with E-state index in [9.17, 15) is 27.6 Å². The second-order valence-corrected chi connectivity index (χ2v) is 9.74. The Morgan fingerprint density at radius 1 is 1.08 bits per heavy atom. The third-order valence-electron chi connectivity index (χ3n) is 5.23. The van der Waals surface area contributed by atoms with E-state index in [0.717, 1.165) is 24.6 Å². The Kier molecular flexibility index (Phi) is 9.19. The fourth-order valence-corrected chi connectivity index (χ4v) is 4.95. The molecule has 38 heavy (non-hydrogen) atoms. The zero-order valence-electron chi connectivity index (χ0n) is 20.8. The van der Waals surface area contributed by atoms with Crippen molar-refractivity contribution >= 4 is 33.8 Å². The van der Waals surface area contributed by atoms with Crippen LogP contribution in [0.1, 0.15) is 42.9 Å². The van der Waals surface area contributed by atoms with Crippen LogP contribution in [0.2, 0.25) is 0 Å². The SMILES string of the molecule is CCOC(=O)c1cn([C@@H]2O[C@H](COC(C)=O)[C@H](OS(=O)(=O)Cc3ccccc3)[C@H]2OC(C)=O)c(=O)nc1N. The number of hydrogen-bond donors (Lipinski definition) is 1. The van der Waals surface area contributed by atoms with Crippen LogP contribution in [-0.4, -0.2) is 67.4 Å². The second kappa shape index (κ2) is 12.1. The molecule has 0 saturated carbocycles. The molecular weight excluding hydrogens is 526 g/mol. The van der Waals surface area contributed by atoms with Gasteiger partial charge < -0.3 is 24.7 Å². The summed E-state index contributed by atoms with van der Waals surface area (Å²) >= 11 is 0. The summed E-state index contributed by atoms with van der Waals surface area (Å²) in [5.74, 6) is -3.39. The standard InChI is InChI=1S/C23H27N3O11S/c1-4-33-22(29)16-10-26(23(30)25-20(16)24)21-19(35-14(3)28)18(17(36-21)11-34-13(2)27)37-38(31,32)12-15-8-6-5-7-9-15/h5-10,17-19,21H,4,11-12H2,1-3H3,(H2,24,25,30)/t17-,18+,19-,21-/m1/s1. The van der Waals surface area contributed by atoms with E-state index < -0.39 is 76.4 Å². The van der Waals surface area contributed by atoms with E-state index in [0.29, 0.717) is 5.56 Å². The first-order valence-corrected chi connectivity index (χ1v) is 13.0. The van der Waals surface area contributed by atoms with Crippen LogP contribution in [0.15, 0.2) is 41.3 Å². The molecule has 1 aliphatic rings. The lowest BCUT2D eigenvalue weighted by Gasteiger charge is -2.24. The minimum Gasteiger partial charge on any atom is -0.463 e. The Labute approximate surface area is 217 Å². The first-order valence-electron chi connectivity index (χ1n) is 11.4. The predicted molar refractivity (Wildman–Crippen MR) is 129 cm³/mol. The molecule has 206 valence electrons. The topological polar surface area (TPSA) is 192 Å². The predicted octanol–water partition coefficient (Wildman–Crippen LogP) is 0.310. The van der Waals surface area contributed by atoms with Crippen molar-refractivity contribution in [1.29, 1.82) is 0 Å². The molecule has 15 heteroatoms. The van der Waals surface area contributed by atoms with Gasteiger partial charge in [-0.15, -0.1) is 0 Å². The minimum absolute atomic E-state index is 0.00699. The molecule has 1 aromatic heterocycles. The van der Waals surface area contributed by atoms with Gasteiger partial charge in [-0.2, -0.15) is 13.4 Å². The van der Waals surface area contributed by atoms with Gasteiger partial charge in [0.05, 0.1) is 6.61 Å². The number of nitrogens with two attached hydrogens (primary N) is 1. The third kappa shape index (κ3) is 7.14. The Morgan fingerprint density at radius 3 is 2.37 bits per heavy atom. The lowest BCUT2D eigenvalue weighted by molar-refractivity contribution is -0.155. The zero-order chi connectivity index (χ0) is 28.0. The molecule has 14 nitrogen and oxygen atoms in total. The monoisotopic (exact) mass is 553 g/mol. The van der Waals surface area contributed by atoms with Gasteiger partial charge in [0.1, 0.15) is 35.9 Å². The molecule has 0 spiro atoms. The van der Waals surface area contributed by atoms with Gasteiger partial charge in [-0.05, 0) is 12.5 Å². The lowest BCUT2D eigenvalue weighted by atomic mass is 10.1. The first-order chi connectivity index (χ1) is 17.9. The fraction of sp³-hybridized carbons (Fsp3) is 0.435. The van der Waals surface area contributed by atoms with Gasteiger partial charge in [0.15, 0.2) is 12.3 Å². The maximum atomic E-state index is 13.0. The van der Waals surface area contributed by atoms with Crippen molar-refractivity contribution in [2.75, 3.05) is 18.9 Å². The molecule has 2 N–H and O–H groups in total. The molecule has 4 atom stereocenters. The van der Waals surface area contributed by atoms with E-state index in [1.54, 1.807) is 37.3 Å². The average Bonchev–Trinajstić information content (AvgIpc) is 3.13. The van der Waals surface area contributed by atoms with Crippen molar-refractivity contribution < 1.29 is 45.9 Å². The lowest BCUT2D eigenvalue weighted by Crippen LogP contribution is -2.42. The summed E-state index contributed by atoms with van der Waals surface area (Å²) < 4.78 is 53.2. The van der Waals surface area contributed by atoms with E-state index in [-0.39, 0.29) is 12.2 Å². The number of anilines is 1. The molecular formula is C23H27N3O11S. The number of rotatable bonds is 10. The van der Waals surface area contributed by atoms with Crippen molar-refractivity contribution in [3.63, 3.8) is 0 Å². The molecule has 3 rings (SSSR count). The average molecular weight is 554 g/mol. The van der Waals surface area contributed by atoms with Crippen LogP contribution in [0.25, 0.3) is 0 Å². The Balaban J connectivity index is 2.04. The Hall–Kier alpha value is -3.82. The van der Waals surface area contributed by atoms with Crippen molar-refractivity contribution in [2.24, 2.45) is 0 Å². The van der Waals surface area contributed by atoms with Crippen molar-refractivity contribution in [3.8, 4) is 0 Å². The highest BCUT2D eigenvalue weighted by molar-refractivity contribution is 7.85. The number of carbonyl (C=O) groups excluding carboxylic acids is 3. The van der Waals surface area contributed by atoms with Gasteiger partial charge in [-0.3, -0.25) is 18.3 Å². The van der Waals surface area contributed by atoms with Crippen molar-refractivity contribution in [2.45, 2.75) is 51.1 Å². The summed E-state index contributed by atoms with van der Waals surface area (Å²) in [6.07, 6.45) is -4.95. The van der Waals surface area contributed by atoms with Crippen LogP contribution in [0.3, 0.4) is 0 Å². The number of carbonyl (C=O) groups is 3. The van der Waals surface area contributed by atoms with Crippen LogP contribution in [-0.2, 0) is 48.6 Å². The Bertz CT molecular complexity index is 1340. The van der Waals surface area contributed by atoms with E-state index in [4.69, 9.17) is 28.9 Å².